The van der Waals surface area contributed by atoms with E-state index < -0.39 is 17.7 Å². The number of rotatable bonds is 8. The van der Waals surface area contributed by atoms with E-state index in [0.717, 1.165) is 5.56 Å². The average molecular weight is 359 g/mol. The van der Waals surface area contributed by atoms with E-state index in [1.54, 1.807) is 39.2 Å². The van der Waals surface area contributed by atoms with E-state index in [1.807, 2.05) is 30.3 Å². The van der Waals surface area contributed by atoms with Crippen molar-refractivity contribution in [3.63, 3.8) is 0 Å². The summed E-state index contributed by atoms with van der Waals surface area (Å²) >= 11 is 0. The average Bonchev–Trinajstić information content (AvgIpc) is 3.06. The van der Waals surface area contributed by atoms with Crippen LogP contribution in [-0.2, 0) is 27.3 Å². The van der Waals surface area contributed by atoms with Gasteiger partial charge < -0.3 is 19.2 Å². The van der Waals surface area contributed by atoms with Crippen LogP contribution in [0.2, 0.25) is 0 Å². The molecule has 1 atom stereocenters. The highest BCUT2D eigenvalue weighted by molar-refractivity contribution is 5.88. The normalized spacial score (nSPS) is 12.4. The van der Waals surface area contributed by atoms with Crippen molar-refractivity contribution in [2.45, 2.75) is 45.4 Å². The number of Topliss-reactive ketones (excluding diaryl/α,β-unsaturated/α-hetero) is 1. The number of hydrogen-bond acceptors (Lipinski definition) is 5. The summed E-state index contributed by atoms with van der Waals surface area (Å²) in [5.41, 5.74) is 0.299. The van der Waals surface area contributed by atoms with Crippen LogP contribution >= 0.6 is 0 Å². The Morgan fingerprint density at radius 2 is 1.85 bits per heavy atom. The lowest BCUT2D eigenvalue weighted by Crippen LogP contribution is -2.46. The fraction of sp³-hybridized carbons (Fsp3) is 0.400. The third kappa shape index (κ3) is 7.11. The van der Waals surface area contributed by atoms with Gasteiger partial charge in [0, 0.05) is 0 Å². The summed E-state index contributed by atoms with van der Waals surface area (Å²) in [6.07, 6.45) is 1.28. The van der Waals surface area contributed by atoms with Crippen molar-refractivity contribution >= 4 is 11.9 Å². The van der Waals surface area contributed by atoms with E-state index in [1.165, 1.54) is 0 Å². The number of carbonyl (C=O) groups excluding carboxylic acids is 2. The van der Waals surface area contributed by atoms with Gasteiger partial charge in [0.05, 0.1) is 12.3 Å². The molecule has 0 aliphatic carbocycles. The second kappa shape index (κ2) is 9.20. The molecule has 0 radical (unpaired) electrons. The Bertz CT molecular complexity index is 689. The van der Waals surface area contributed by atoms with E-state index in [-0.39, 0.29) is 19.0 Å². The Labute approximate surface area is 153 Å². The summed E-state index contributed by atoms with van der Waals surface area (Å²) in [5.74, 6) is 0.406. The molecule has 26 heavy (non-hydrogen) atoms. The van der Waals surface area contributed by atoms with Crippen LogP contribution in [-0.4, -0.2) is 30.1 Å². The molecule has 6 nitrogen and oxygen atoms in total. The standard InChI is InChI=1S/C20H25NO5/c1-20(2,3)26-19(23)21-17(12-15-8-5-4-6-9-15)18(22)14-24-13-16-10-7-11-25-16/h4-11,17H,12-14H2,1-3H3,(H,21,23). The lowest BCUT2D eigenvalue weighted by Gasteiger charge is -2.23. The molecular formula is C20H25NO5. The van der Waals surface area contributed by atoms with E-state index in [4.69, 9.17) is 13.9 Å². The summed E-state index contributed by atoms with van der Waals surface area (Å²) in [5, 5.41) is 2.65. The molecule has 6 heteroatoms. The Balaban J connectivity index is 1.96. The first-order valence-corrected chi connectivity index (χ1v) is 8.50. The molecule has 0 aliphatic heterocycles. The van der Waals surface area contributed by atoms with Gasteiger partial charge in [-0.05, 0) is 44.9 Å². The van der Waals surface area contributed by atoms with Crippen molar-refractivity contribution in [3.8, 4) is 0 Å². The molecule has 1 unspecified atom stereocenters. The van der Waals surface area contributed by atoms with Gasteiger partial charge in [0.1, 0.15) is 24.6 Å². The van der Waals surface area contributed by atoms with Crippen molar-refractivity contribution < 1.29 is 23.5 Å². The zero-order chi connectivity index (χ0) is 19.0. The maximum absolute atomic E-state index is 12.6. The molecule has 0 saturated carbocycles. The Hall–Kier alpha value is -2.60. The molecule has 2 aromatic rings. The second-order valence-corrected chi connectivity index (χ2v) is 6.93. The first kappa shape index (κ1) is 19.7. The minimum atomic E-state index is -0.733. The quantitative estimate of drug-likeness (QED) is 0.780. The zero-order valence-electron chi connectivity index (χ0n) is 15.4. The van der Waals surface area contributed by atoms with Crippen LogP contribution in [0.4, 0.5) is 4.79 Å². The van der Waals surface area contributed by atoms with Gasteiger partial charge >= 0.3 is 6.09 Å². The number of nitrogens with one attached hydrogen (secondary N) is 1. The van der Waals surface area contributed by atoms with Crippen molar-refractivity contribution in [2.24, 2.45) is 0 Å². The summed E-state index contributed by atoms with van der Waals surface area (Å²) in [6.45, 7) is 5.38. The molecule has 2 rings (SSSR count). The van der Waals surface area contributed by atoms with Crippen LogP contribution in [0.5, 0.6) is 0 Å². The first-order chi connectivity index (χ1) is 12.3. The molecule has 1 amide bonds. The number of amides is 1. The Morgan fingerprint density at radius 1 is 1.12 bits per heavy atom. The fourth-order valence-electron chi connectivity index (χ4n) is 2.29. The first-order valence-electron chi connectivity index (χ1n) is 8.50. The highest BCUT2D eigenvalue weighted by atomic mass is 16.6. The minimum absolute atomic E-state index is 0.131. The van der Waals surface area contributed by atoms with Crippen LogP contribution in [0, 0.1) is 0 Å². The summed E-state index contributed by atoms with van der Waals surface area (Å²) in [7, 11) is 0. The van der Waals surface area contributed by atoms with Crippen LogP contribution in [0.3, 0.4) is 0 Å². The van der Waals surface area contributed by atoms with Crippen LogP contribution in [0.25, 0.3) is 0 Å². The van der Waals surface area contributed by atoms with E-state index in [9.17, 15) is 9.59 Å². The maximum Gasteiger partial charge on any atom is 0.408 e. The summed E-state index contributed by atoms with van der Waals surface area (Å²) in [6, 6.07) is 12.3. The number of ether oxygens (including phenoxy) is 2. The molecular weight excluding hydrogens is 334 g/mol. The summed E-state index contributed by atoms with van der Waals surface area (Å²) in [4.78, 5) is 24.6. The molecule has 0 bridgehead atoms. The van der Waals surface area contributed by atoms with Gasteiger partial charge in [0.15, 0.2) is 5.78 Å². The van der Waals surface area contributed by atoms with Gasteiger partial charge in [-0.15, -0.1) is 0 Å². The highest BCUT2D eigenvalue weighted by Crippen LogP contribution is 2.10. The van der Waals surface area contributed by atoms with Crippen molar-refractivity contribution in [3.05, 3.63) is 60.1 Å². The third-order valence-electron chi connectivity index (χ3n) is 3.43. The Kier molecular flexibility index (Phi) is 6.97. The lowest BCUT2D eigenvalue weighted by atomic mass is 10.0. The van der Waals surface area contributed by atoms with Gasteiger partial charge in [-0.3, -0.25) is 4.79 Å². The number of hydrogen-bond donors (Lipinski definition) is 1. The number of furan rings is 1. The van der Waals surface area contributed by atoms with E-state index in [0.29, 0.717) is 12.2 Å². The molecule has 140 valence electrons. The van der Waals surface area contributed by atoms with Crippen LogP contribution < -0.4 is 5.32 Å². The molecule has 1 aromatic carbocycles. The lowest BCUT2D eigenvalue weighted by molar-refractivity contribution is -0.126. The number of ketones is 1. The van der Waals surface area contributed by atoms with Crippen LogP contribution in [0.1, 0.15) is 32.1 Å². The molecule has 1 N–H and O–H groups in total. The van der Waals surface area contributed by atoms with Crippen LogP contribution in [0.15, 0.2) is 53.1 Å². The summed E-state index contributed by atoms with van der Waals surface area (Å²) < 4.78 is 15.8. The molecule has 0 fully saturated rings. The SMILES string of the molecule is CC(C)(C)OC(=O)NC(Cc1ccccc1)C(=O)COCc1ccco1. The minimum Gasteiger partial charge on any atom is -0.467 e. The van der Waals surface area contributed by atoms with Crippen molar-refractivity contribution in [2.75, 3.05) is 6.61 Å². The van der Waals surface area contributed by atoms with Crippen molar-refractivity contribution in [1.82, 2.24) is 5.32 Å². The largest absolute Gasteiger partial charge is 0.467 e. The van der Waals surface area contributed by atoms with Gasteiger partial charge in [-0.25, -0.2) is 4.79 Å². The zero-order valence-corrected chi connectivity index (χ0v) is 15.4. The second-order valence-electron chi connectivity index (χ2n) is 6.93. The topological polar surface area (TPSA) is 77.8 Å². The van der Waals surface area contributed by atoms with Gasteiger partial charge in [0.2, 0.25) is 0 Å². The molecule has 1 aromatic heterocycles. The number of benzene rings is 1. The van der Waals surface area contributed by atoms with Gasteiger partial charge in [-0.1, -0.05) is 30.3 Å². The molecule has 0 spiro atoms. The number of carbonyl (C=O) groups is 2. The molecule has 0 saturated heterocycles. The van der Waals surface area contributed by atoms with Gasteiger partial charge in [0.25, 0.3) is 0 Å². The fourth-order valence-corrected chi connectivity index (χ4v) is 2.29. The predicted octanol–water partition coefficient (Wildman–Crippen LogP) is 3.50. The highest BCUT2D eigenvalue weighted by Gasteiger charge is 2.24. The van der Waals surface area contributed by atoms with E-state index in [2.05, 4.69) is 5.32 Å². The molecule has 1 heterocycles. The number of alkyl carbamates (subject to hydrolysis) is 1. The smallest absolute Gasteiger partial charge is 0.408 e. The third-order valence-corrected chi connectivity index (χ3v) is 3.43. The van der Waals surface area contributed by atoms with Crippen molar-refractivity contribution in [1.29, 1.82) is 0 Å². The monoisotopic (exact) mass is 359 g/mol. The molecule has 0 aliphatic rings. The van der Waals surface area contributed by atoms with E-state index >= 15 is 0 Å². The Morgan fingerprint density at radius 3 is 2.46 bits per heavy atom. The predicted molar refractivity (Wildman–Crippen MR) is 96.7 cm³/mol. The van der Waals surface area contributed by atoms with Gasteiger partial charge in [-0.2, -0.15) is 0 Å². The maximum atomic E-state index is 12.6.